The average molecular weight is 494 g/mol. The normalized spacial score (nSPS) is 14.9. The molecule has 1 amide bonds. The fraction of sp³-hybridized carbons (Fsp3) is 0.381. The highest BCUT2D eigenvalue weighted by Gasteiger charge is 2.35. The number of alkyl halides is 3. The van der Waals surface area contributed by atoms with Crippen LogP contribution in [0.25, 0.3) is 10.7 Å². The number of nitrogens with one attached hydrogen (secondary N) is 1. The molecule has 0 unspecified atom stereocenters. The van der Waals surface area contributed by atoms with Crippen molar-refractivity contribution >= 4 is 33.8 Å². The van der Waals surface area contributed by atoms with E-state index in [0.29, 0.717) is 37.1 Å². The molecule has 3 aromatic rings. The number of piperidine rings is 1. The van der Waals surface area contributed by atoms with Crippen LogP contribution in [0.4, 0.5) is 29.7 Å². The lowest BCUT2D eigenvalue weighted by Gasteiger charge is -2.32. The monoisotopic (exact) mass is 494 g/mol. The molecule has 180 valence electrons. The van der Waals surface area contributed by atoms with Gasteiger partial charge in [0.25, 0.3) is 5.69 Å². The molecule has 2 aromatic heterocycles. The maximum Gasteiger partial charge on any atom is 0.416 e. The number of nitro groups is 1. The lowest BCUT2D eigenvalue weighted by molar-refractivity contribution is -0.384. The second-order valence-corrected chi connectivity index (χ2v) is 9.00. The number of halogens is 3. The fourth-order valence-corrected chi connectivity index (χ4v) is 4.95. The highest BCUT2D eigenvalue weighted by molar-refractivity contribution is 7.19. The van der Waals surface area contributed by atoms with Crippen LogP contribution < -0.4 is 10.2 Å². The van der Waals surface area contributed by atoms with E-state index >= 15 is 0 Å². The van der Waals surface area contributed by atoms with Crippen molar-refractivity contribution < 1.29 is 22.9 Å². The van der Waals surface area contributed by atoms with Crippen molar-refractivity contribution in [3.05, 3.63) is 52.0 Å². The second kappa shape index (κ2) is 9.05. The first-order chi connectivity index (χ1) is 16.0. The van der Waals surface area contributed by atoms with Gasteiger partial charge in [0.05, 0.1) is 21.1 Å². The van der Waals surface area contributed by atoms with Crippen molar-refractivity contribution in [2.24, 2.45) is 13.0 Å². The molecule has 13 heteroatoms. The van der Waals surface area contributed by atoms with Crippen LogP contribution in [0, 0.1) is 23.0 Å². The Labute approximate surface area is 196 Å². The first-order valence-corrected chi connectivity index (χ1v) is 11.2. The van der Waals surface area contributed by atoms with Crippen LogP contribution in [-0.2, 0) is 18.0 Å². The number of carbonyl (C=O) groups excluding carboxylic acids is 1. The van der Waals surface area contributed by atoms with Crippen molar-refractivity contribution in [3.8, 4) is 10.7 Å². The molecular weight excluding hydrogens is 473 g/mol. The highest BCUT2D eigenvalue weighted by atomic mass is 32.1. The standard InChI is InChI=1S/C21H21F3N6O3S/c1-12-17(18-25-7-10-28(18)2)34-20(26-12)27-19(31)13-5-8-29(9-6-13)15-4-3-14(21(22,23)24)11-16(15)30(32)33/h3-4,7,10-11,13H,5-6,8-9H2,1-2H3,(H,26,27,31). The van der Waals surface area contributed by atoms with Crippen LogP contribution in [0.1, 0.15) is 24.1 Å². The maximum atomic E-state index is 13.0. The van der Waals surface area contributed by atoms with E-state index in [1.54, 1.807) is 11.1 Å². The fourth-order valence-electron chi connectivity index (χ4n) is 3.95. The number of thiazole rings is 1. The number of amides is 1. The number of nitrogens with zero attached hydrogens (tertiary/aromatic N) is 5. The molecule has 1 fully saturated rings. The molecule has 4 rings (SSSR count). The Balaban J connectivity index is 1.42. The van der Waals surface area contributed by atoms with E-state index in [1.165, 1.54) is 11.3 Å². The SMILES string of the molecule is Cc1nc(NC(=O)C2CCN(c3ccc(C(F)(F)F)cc3[N+](=O)[O-])CC2)sc1-c1nccn1C. The number of aryl methyl sites for hydroxylation is 2. The molecular formula is C21H21F3N6O3S. The molecule has 9 nitrogen and oxygen atoms in total. The largest absolute Gasteiger partial charge is 0.416 e. The lowest BCUT2D eigenvalue weighted by Crippen LogP contribution is -2.38. The number of benzene rings is 1. The molecule has 0 aliphatic carbocycles. The van der Waals surface area contributed by atoms with E-state index in [0.717, 1.165) is 28.5 Å². The molecule has 3 heterocycles. The minimum absolute atomic E-state index is 0.118. The minimum Gasteiger partial charge on any atom is -0.366 e. The summed E-state index contributed by atoms with van der Waals surface area (Å²) in [5, 5.41) is 14.7. The third kappa shape index (κ3) is 4.74. The first kappa shape index (κ1) is 23.7. The van der Waals surface area contributed by atoms with E-state index in [2.05, 4.69) is 15.3 Å². The molecule has 1 aromatic carbocycles. The summed E-state index contributed by atoms with van der Waals surface area (Å²) < 4.78 is 40.7. The molecule has 1 saturated heterocycles. The lowest BCUT2D eigenvalue weighted by atomic mass is 9.95. The summed E-state index contributed by atoms with van der Waals surface area (Å²) in [5.74, 6) is 0.203. The average Bonchev–Trinajstić information content (AvgIpc) is 3.37. The van der Waals surface area contributed by atoms with Crippen molar-refractivity contribution in [3.63, 3.8) is 0 Å². The topological polar surface area (TPSA) is 106 Å². The summed E-state index contributed by atoms with van der Waals surface area (Å²) in [6.07, 6.45) is -0.358. The Hall–Kier alpha value is -3.48. The highest BCUT2D eigenvalue weighted by Crippen LogP contribution is 2.38. The van der Waals surface area contributed by atoms with Crippen LogP contribution in [0.15, 0.2) is 30.6 Å². The van der Waals surface area contributed by atoms with Gasteiger partial charge in [-0.25, -0.2) is 9.97 Å². The Bertz CT molecular complexity index is 1230. The van der Waals surface area contributed by atoms with Crippen LogP contribution in [0.3, 0.4) is 0 Å². The van der Waals surface area contributed by atoms with Gasteiger partial charge in [0, 0.05) is 44.5 Å². The number of anilines is 2. The third-order valence-corrected chi connectivity index (χ3v) is 6.83. The van der Waals surface area contributed by atoms with Gasteiger partial charge in [-0.05, 0) is 31.9 Å². The molecule has 34 heavy (non-hydrogen) atoms. The number of imidazole rings is 1. The zero-order valence-corrected chi connectivity index (χ0v) is 19.1. The van der Waals surface area contributed by atoms with Gasteiger partial charge in [0.2, 0.25) is 5.91 Å². The summed E-state index contributed by atoms with van der Waals surface area (Å²) in [7, 11) is 1.87. The number of hydrogen-bond donors (Lipinski definition) is 1. The van der Waals surface area contributed by atoms with Gasteiger partial charge in [-0.15, -0.1) is 0 Å². The van der Waals surface area contributed by atoms with Gasteiger partial charge in [0.15, 0.2) is 11.0 Å². The van der Waals surface area contributed by atoms with Gasteiger partial charge in [0.1, 0.15) is 5.69 Å². The van der Waals surface area contributed by atoms with E-state index in [4.69, 9.17) is 0 Å². The second-order valence-electron chi connectivity index (χ2n) is 8.00. The van der Waals surface area contributed by atoms with E-state index in [9.17, 15) is 28.1 Å². The van der Waals surface area contributed by atoms with Crippen molar-refractivity contribution in [2.75, 3.05) is 23.3 Å². The van der Waals surface area contributed by atoms with E-state index < -0.39 is 22.4 Å². The molecule has 1 aliphatic heterocycles. The molecule has 0 saturated carbocycles. The van der Waals surface area contributed by atoms with Crippen molar-refractivity contribution in [2.45, 2.75) is 25.9 Å². The van der Waals surface area contributed by atoms with Gasteiger partial charge in [-0.3, -0.25) is 14.9 Å². The number of aromatic nitrogens is 3. The predicted molar refractivity (Wildman–Crippen MR) is 121 cm³/mol. The summed E-state index contributed by atoms with van der Waals surface area (Å²) in [5.41, 5.74) is -0.801. The summed E-state index contributed by atoms with van der Waals surface area (Å²) in [4.78, 5) is 34.6. The minimum atomic E-state index is -4.67. The van der Waals surface area contributed by atoms with Crippen molar-refractivity contribution in [1.29, 1.82) is 0 Å². The van der Waals surface area contributed by atoms with Crippen LogP contribution in [0.2, 0.25) is 0 Å². The summed E-state index contributed by atoms with van der Waals surface area (Å²) >= 11 is 1.33. The van der Waals surface area contributed by atoms with Crippen LogP contribution >= 0.6 is 11.3 Å². The maximum absolute atomic E-state index is 13.0. The van der Waals surface area contributed by atoms with E-state index in [1.807, 2.05) is 24.7 Å². The Morgan fingerprint density at radius 1 is 1.29 bits per heavy atom. The third-order valence-electron chi connectivity index (χ3n) is 5.76. The Kier molecular flexibility index (Phi) is 6.30. The van der Waals surface area contributed by atoms with Crippen LogP contribution in [0.5, 0.6) is 0 Å². The zero-order chi connectivity index (χ0) is 24.6. The molecule has 1 aliphatic rings. The molecule has 0 spiro atoms. The zero-order valence-electron chi connectivity index (χ0n) is 18.3. The quantitative estimate of drug-likeness (QED) is 0.409. The van der Waals surface area contributed by atoms with E-state index in [-0.39, 0.29) is 17.5 Å². The summed E-state index contributed by atoms with van der Waals surface area (Å²) in [6.45, 7) is 2.45. The van der Waals surface area contributed by atoms with Crippen LogP contribution in [-0.4, -0.2) is 38.5 Å². The first-order valence-electron chi connectivity index (χ1n) is 10.4. The molecule has 0 atom stereocenters. The van der Waals surface area contributed by atoms with Gasteiger partial charge >= 0.3 is 6.18 Å². The smallest absolute Gasteiger partial charge is 0.366 e. The molecule has 1 N–H and O–H groups in total. The Morgan fingerprint density at radius 2 is 2.00 bits per heavy atom. The predicted octanol–water partition coefficient (Wildman–Crippen LogP) is 4.63. The van der Waals surface area contributed by atoms with Crippen molar-refractivity contribution in [1.82, 2.24) is 14.5 Å². The van der Waals surface area contributed by atoms with Gasteiger partial charge in [-0.1, -0.05) is 11.3 Å². The Morgan fingerprint density at radius 3 is 2.59 bits per heavy atom. The van der Waals surface area contributed by atoms with Gasteiger partial charge < -0.3 is 14.8 Å². The summed E-state index contributed by atoms with van der Waals surface area (Å²) in [6, 6.07) is 2.52. The molecule has 0 bridgehead atoms. The number of hydrogen-bond acceptors (Lipinski definition) is 7. The number of nitro benzene ring substituents is 1. The van der Waals surface area contributed by atoms with Gasteiger partial charge in [-0.2, -0.15) is 13.2 Å². The number of carbonyl (C=O) groups is 1. The molecule has 0 radical (unpaired) electrons. The number of rotatable bonds is 5.